The molecule has 0 radical (unpaired) electrons. The molecule has 0 atom stereocenters. The van der Waals surface area contributed by atoms with Gasteiger partial charge in [-0.15, -0.1) is 0 Å². The van der Waals surface area contributed by atoms with E-state index < -0.39 is 5.97 Å². The van der Waals surface area contributed by atoms with Gasteiger partial charge in [-0.3, -0.25) is 9.59 Å². The van der Waals surface area contributed by atoms with Gasteiger partial charge in [-0.2, -0.15) is 4.37 Å². The molecule has 2 N–H and O–H groups in total. The fourth-order valence-corrected chi connectivity index (χ4v) is 2.60. The Balaban J connectivity index is 2.06. The van der Waals surface area contributed by atoms with Gasteiger partial charge in [0.2, 0.25) is 0 Å². The molecule has 7 heteroatoms. The Bertz CT molecular complexity index is 409. The van der Waals surface area contributed by atoms with E-state index in [4.69, 9.17) is 5.11 Å². The topological polar surface area (TPSA) is 79.3 Å². The van der Waals surface area contributed by atoms with Crippen LogP contribution in [0.5, 0.6) is 0 Å². The molecule has 1 heterocycles. The van der Waals surface area contributed by atoms with Crippen molar-refractivity contribution < 1.29 is 14.7 Å². The maximum absolute atomic E-state index is 11.6. The first-order chi connectivity index (χ1) is 8.61. The second-order valence-corrected chi connectivity index (χ2v) is 5.31. The van der Waals surface area contributed by atoms with Crippen LogP contribution in [-0.4, -0.2) is 27.9 Å². The Morgan fingerprint density at radius 1 is 1.33 bits per heavy atom. The van der Waals surface area contributed by atoms with Crippen molar-refractivity contribution in [3.63, 3.8) is 0 Å². The van der Waals surface area contributed by atoms with Gasteiger partial charge in [-0.05, 0) is 40.3 Å². The molecule has 0 saturated heterocycles. The van der Waals surface area contributed by atoms with Crippen molar-refractivity contribution in [2.45, 2.75) is 32.1 Å². The number of aliphatic carboxylic acids is 1. The van der Waals surface area contributed by atoms with Crippen LogP contribution >= 0.6 is 27.5 Å². The monoisotopic (exact) mass is 334 g/mol. The van der Waals surface area contributed by atoms with Crippen LogP contribution in [0.1, 0.15) is 42.6 Å². The average Bonchev–Trinajstić information content (AvgIpc) is 2.73. The van der Waals surface area contributed by atoms with Crippen molar-refractivity contribution in [1.29, 1.82) is 0 Å². The van der Waals surface area contributed by atoms with Gasteiger partial charge < -0.3 is 10.4 Å². The summed E-state index contributed by atoms with van der Waals surface area (Å²) in [5, 5.41) is 13.0. The predicted octanol–water partition coefficient (Wildman–Crippen LogP) is 2.67. The molecule has 0 bridgehead atoms. The Morgan fingerprint density at radius 3 is 2.67 bits per heavy atom. The molecule has 1 rings (SSSR count). The molecular formula is C11H15BrN2O3S. The lowest BCUT2D eigenvalue weighted by molar-refractivity contribution is -0.137. The normalized spacial score (nSPS) is 10.3. The second-order valence-electron chi connectivity index (χ2n) is 3.82. The average molecular weight is 335 g/mol. The summed E-state index contributed by atoms with van der Waals surface area (Å²) >= 11 is 4.49. The summed E-state index contributed by atoms with van der Waals surface area (Å²) in [6, 6.07) is 0. The molecule has 0 aromatic carbocycles. The quantitative estimate of drug-likeness (QED) is 0.716. The van der Waals surface area contributed by atoms with Gasteiger partial charge in [0.05, 0.1) is 4.47 Å². The van der Waals surface area contributed by atoms with Crippen LogP contribution in [0.3, 0.4) is 0 Å². The van der Waals surface area contributed by atoms with Crippen LogP contribution < -0.4 is 5.32 Å². The van der Waals surface area contributed by atoms with E-state index in [1.54, 1.807) is 5.38 Å². The highest BCUT2D eigenvalue weighted by Gasteiger charge is 2.11. The molecule has 1 amide bonds. The van der Waals surface area contributed by atoms with Gasteiger partial charge in [-0.25, -0.2) is 0 Å². The molecule has 0 unspecified atom stereocenters. The van der Waals surface area contributed by atoms with Crippen LogP contribution in [0.2, 0.25) is 0 Å². The fraction of sp³-hybridized carbons (Fsp3) is 0.545. The number of amides is 1. The third kappa shape index (κ3) is 5.59. The molecule has 0 aliphatic rings. The second kappa shape index (κ2) is 8.20. The van der Waals surface area contributed by atoms with Crippen molar-refractivity contribution in [2.24, 2.45) is 0 Å². The molecule has 100 valence electrons. The minimum atomic E-state index is -0.753. The molecule has 1 aromatic rings. The number of unbranched alkanes of at least 4 members (excludes halogenated alkanes) is 3. The first-order valence-electron chi connectivity index (χ1n) is 5.71. The Kier molecular flexibility index (Phi) is 6.89. The molecular weight excluding hydrogens is 320 g/mol. The van der Waals surface area contributed by atoms with E-state index >= 15 is 0 Å². The van der Waals surface area contributed by atoms with E-state index in [2.05, 4.69) is 25.6 Å². The minimum Gasteiger partial charge on any atom is -0.481 e. The SMILES string of the molecule is O=C(O)CCCCCCNC(=O)c1nscc1Br. The van der Waals surface area contributed by atoms with Crippen LogP contribution in [0.15, 0.2) is 9.85 Å². The van der Waals surface area contributed by atoms with E-state index in [0.717, 1.165) is 19.3 Å². The van der Waals surface area contributed by atoms with Crippen LogP contribution in [0.25, 0.3) is 0 Å². The molecule has 5 nitrogen and oxygen atoms in total. The smallest absolute Gasteiger partial charge is 0.303 e. The lowest BCUT2D eigenvalue weighted by Gasteiger charge is -2.03. The first-order valence-corrected chi connectivity index (χ1v) is 7.34. The maximum atomic E-state index is 11.6. The largest absolute Gasteiger partial charge is 0.481 e. The summed E-state index contributed by atoms with van der Waals surface area (Å²) in [7, 11) is 0. The third-order valence-electron chi connectivity index (χ3n) is 2.34. The molecule has 0 spiro atoms. The van der Waals surface area contributed by atoms with E-state index in [0.29, 0.717) is 23.1 Å². The van der Waals surface area contributed by atoms with Crippen molar-refractivity contribution in [1.82, 2.24) is 9.69 Å². The zero-order chi connectivity index (χ0) is 13.4. The standard InChI is InChI=1S/C11H15BrN2O3S/c12-8-7-18-14-10(8)11(17)13-6-4-2-1-3-5-9(15)16/h7H,1-6H2,(H,13,17)(H,15,16). The third-order valence-corrected chi connectivity index (χ3v) is 3.88. The summed E-state index contributed by atoms with van der Waals surface area (Å²) < 4.78 is 4.70. The van der Waals surface area contributed by atoms with Gasteiger partial charge in [0, 0.05) is 18.3 Å². The Labute approximate surface area is 118 Å². The number of carbonyl (C=O) groups is 2. The van der Waals surface area contributed by atoms with Crippen molar-refractivity contribution in [3.8, 4) is 0 Å². The number of hydrogen-bond acceptors (Lipinski definition) is 4. The number of nitrogens with zero attached hydrogens (tertiary/aromatic N) is 1. The van der Waals surface area contributed by atoms with E-state index in [9.17, 15) is 9.59 Å². The molecule has 18 heavy (non-hydrogen) atoms. The van der Waals surface area contributed by atoms with E-state index in [1.165, 1.54) is 11.5 Å². The van der Waals surface area contributed by atoms with Gasteiger partial charge in [-0.1, -0.05) is 12.8 Å². The van der Waals surface area contributed by atoms with Gasteiger partial charge >= 0.3 is 5.97 Å². The van der Waals surface area contributed by atoms with Crippen LogP contribution in [-0.2, 0) is 4.79 Å². The number of nitrogens with one attached hydrogen (secondary N) is 1. The summed E-state index contributed by atoms with van der Waals surface area (Å²) in [6.45, 7) is 0.593. The Morgan fingerprint density at radius 2 is 2.06 bits per heavy atom. The number of rotatable bonds is 8. The zero-order valence-electron chi connectivity index (χ0n) is 9.82. The molecule has 0 fully saturated rings. The lowest BCUT2D eigenvalue weighted by Crippen LogP contribution is -2.24. The number of carboxylic acids is 1. The van der Waals surface area contributed by atoms with Crippen molar-refractivity contribution in [2.75, 3.05) is 6.54 Å². The highest BCUT2D eigenvalue weighted by molar-refractivity contribution is 9.10. The zero-order valence-corrected chi connectivity index (χ0v) is 12.2. The minimum absolute atomic E-state index is 0.173. The number of carbonyl (C=O) groups excluding carboxylic acids is 1. The predicted molar refractivity (Wildman–Crippen MR) is 72.9 cm³/mol. The van der Waals surface area contributed by atoms with E-state index in [-0.39, 0.29) is 12.3 Å². The van der Waals surface area contributed by atoms with Crippen molar-refractivity contribution >= 4 is 39.3 Å². The highest BCUT2D eigenvalue weighted by Crippen LogP contribution is 2.17. The number of carboxylic acid groups (broad SMARTS) is 1. The molecule has 0 aliphatic heterocycles. The van der Waals surface area contributed by atoms with Crippen LogP contribution in [0.4, 0.5) is 0 Å². The van der Waals surface area contributed by atoms with Gasteiger partial charge in [0.15, 0.2) is 5.69 Å². The Hall–Kier alpha value is -0.950. The maximum Gasteiger partial charge on any atom is 0.303 e. The summed E-state index contributed by atoms with van der Waals surface area (Å²) in [5.41, 5.74) is 0.422. The fourth-order valence-electron chi connectivity index (χ4n) is 1.42. The van der Waals surface area contributed by atoms with Gasteiger partial charge in [0.1, 0.15) is 0 Å². The molecule has 0 aliphatic carbocycles. The molecule has 0 saturated carbocycles. The van der Waals surface area contributed by atoms with Gasteiger partial charge in [0.25, 0.3) is 5.91 Å². The number of aromatic nitrogens is 1. The number of hydrogen-bond donors (Lipinski definition) is 2. The van der Waals surface area contributed by atoms with Crippen molar-refractivity contribution in [3.05, 3.63) is 15.5 Å². The lowest BCUT2D eigenvalue weighted by atomic mass is 10.1. The number of halogens is 1. The molecule has 1 aromatic heterocycles. The highest BCUT2D eigenvalue weighted by atomic mass is 79.9. The summed E-state index contributed by atoms with van der Waals surface area (Å²) in [5.74, 6) is -0.926. The summed E-state index contributed by atoms with van der Waals surface area (Å²) in [4.78, 5) is 21.9. The van der Waals surface area contributed by atoms with E-state index in [1.807, 2.05) is 0 Å². The van der Waals surface area contributed by atoms with Crippen LogP contribution in [0, 0.1) is 0 Å². The summed E-state index contributed by atoms with van der Waals surface area (Å²) in [6.07, 6.45) is 3.57. The first kappa shape index (κ1) is 15.1.